The van der Waals surface area contributed by atoms with E-state index in [1.165, 1.54) is 7.11 Å². The third kappa shape index (κ3) is 3.78. The normalized spacial score (nSPS) is 11.9. The number of nitrogens with zero attached hydrogens (tertiary/aromatic N) is 1. The van der Waals surface area contributed by atoms with E-state index in [4.69, 9.17) is 4.74 Å². The molecule has 0 spiro atoms. The summed E-state index contributed by atoms with van der Waals surface area (Å²) in [7, 11) is 1.39. The van der Waals surface area contributed by atoms with Gasteiger partial charge in [0, 0.05) is 23.0 Å². The van der Waals surface area contributed by atoms with Gasteiger partial charge in [0.15, 0.2) is 0 Å². The topological polar surface area (TPSA) is 69.4 Å². The average Bonchev–Trinajstić information content (AvgIpc) is 2.77. The van der Waals surface area contributed by atoms with Crippen molar-refractivity contribution in [1.82, 2.24) is 0 Å². The number of nitro groups is 1. The Morgan fingerprint density at radius 3 is 1.86 bits per heavy atom. The smallest absolute Gasteiger partial charge is 0.337 e. The van der Waals surface area contributed by atoms with Crippen molar-refractivity contribution in [2.75, 3.05) is 7.11 Å². The number of hydrogen-bond acceptors (Lipinski definition) is 4. The second-order valence-corrected chi connectivity index (χ2v) is 7.45. The average molecular weight is 398 g/mol. The lowest BCUT2D eigenvalue weighted by atomic mass is 9.52. The Morgan fingerprint density at radius 1 is 0.897 bits per heavy atom. The van der Waals surface area contributed by atoms with E-state index in [0.29, 0.717) is 5.56 Å². The third-order valence-electron chi connectivity index (χ3n) is 6.80. The zero-order chi connectivity index (χ0) is 21.7. The van der Waals surface area contributed by atoms with Crippen molar-refractivity contribution in [2.45, 2.75) is 64.2 Å². The number of ether oxygens (including phenoxy) is 1. The van der Waals surface area contributed by atoms with Crippen molar-refractivity contribution in [3.05, 3.63) is 75.3 Å². The lowest BCUT2D eigenvalue weighted by Gasteiger charge is -2.51. The summed E-state index contributed by atoms with van der Waals surface area (Å²) >= 11 is 0. The van der Waals surface area contributed by atoms with Gasteiger partial charge in [0.1, 0.15) is 0 Å². The van der Waals surface area contributed by atoms with Crippen LogP contribution in [0.3, 0.4) is 0 Å². The monoisotopic (exact) mass is 397 g/mol. The van der Waals surface area contributed by atoms with E-state index in [0.717, 1.165) is 36.8 Å². The fourth-order valence-corrected chi connectivity index (χ4v) is 5.19. The van der Waals surface area contributed by atoms with Crippen LogP contribution in [-0.2, 0) is 15.6 Å². The minimum atomic E-state index is -0.365. The van der Waals surface area contributed by atoms with E-state index in [2.05, 4.69) is 33.8 Å². The summed E-state index contributed by atoms with van der Waals surface area (Å²) in [4.78, 5) is 22.9. The van der Waals surface area contributed by atoms with Crippen LogP contribution in [0.25, 0.3) is 0 Å². The standard InChI is InChI=1S/C24H31NO4/c1-6-23(7-2,19-13-15-21(16-14-19)25(27)28)24(8-3,9-4)20-12-10-11-18(17-20)22(26)29-5/h10-17H,6-9H2,1-5H3. The second-order valence-electron chi connectivity index (χ2n) is 7.45. The van der Waals surface area contributed by atoms with Gasteiger partial charge in [-0.15, -0.1) is 0 Å². The molecule has 0 aliphatic heterocycles. The molecule has 2 aromatic rings. The summed E-state index contributed by atoms with van der Waals surface area (Å²) in [6.45, 7) is 8.71. The minimum Gasteiger partial charge on any atom is -0.465 e. The number of methoxy groups -OCH3 is 1. The Hall–Kier alpha value is -2.69. The van der Waals surface area contributed by atoms with Gasteiger partial charge in [0.2, 0.25) is 0 Å². The lowest BCUT2D eigenvalue weighted by Crippen LogP contribution is -2.48. The predicted molar refractivity (Wildman–Crippen MR) is 115 cm³/mol. The predicted octanol–water partition coefficient (Wildman–Crippen LogP) is 6.20. The van der Waals surface area contributed by atoms with Gasteiger partial charge in [-0.2, -0.15) is 0 Å². The molecule has 0 aliphatic rings. The molecule has 0 aliphatic carbocycles. The molecular formula is C24H31NO4. The van der Waals surface area contributed by atoms with Crippen LogP contribution in [0.5, 0.6) is 0 Å². The van der Waals surface area contributed by atoms with Crippen molar-refractivity contribution in [1.29, 1.82) is 0 Å². The summed E-state index contributed by atoms with van der Waals surface area (Å²) in [5, 5.41) is 11.1. The minimum absolute atomic E-state index is 0.0983. The molecule has 5 nitrogen and oxygen atoms in total. The van der Waals surface area contributed by atoms with E-state index >= 15 is 0 Å². The van der Waals surface area contributed by atoms with Crippen LogP contribution < -0.4 is 0 Å². The van der Waals surface area contributed by atoms with Gasteiger partial charge in [-0.05, 0) is 48.9 Å². The first-order valence-electron chi connectivity index (χ1n) is 10.3. The Labute approximate surface area is 173 Å². The first kappa shape index (κ1) is 22.6. The maximum Gasteiger partial charge on any atom is 0.337 e. The quantitative estimate of drug-likeness (QED) is 0.287. The van der Waals surface area contributed by atoms with Crippen LogP contribution >= 0.6 is 0 Å². The Kier molecular flexibility index (Phi) is 7.17. The highest BCUT2D eigenvalue weighted by Gasteiger charge is 2.49. The van der Waals surface area contributed by atoms with Gasteiger partial charge >= 0.3 is 5.97 Å². The van der Waals surface area contributed by atoms with Crippen molar-refractivity contribution in [3.63, 3.8) is 0 Å². The lowest BCUT2D eigenvalue weighted by molar-refractivity contribution is -0.384. The van der Waals surface area contributed by atoms with Crippen molar-refractivity contribution >= 4 is 11.7 Å². The van der Waals surface area contributed by atoms with Crippen LogP contribution in [0.2, 0.25) is 0 Å². The number of nitro benzene ring substituents is 1. The van der Waals surface area contributed by atoms with Gasteiger partial charge in [0.05, 0.1) is 17.6 Å². The highest BCUT2D eigenvalue weighted by Crippen LogP contribution is 2.53. The van der Waals surface area contributed by atoms with Crippen molar-refractivity contribution in [2.24, 2.45) is 0 Å². The maximum absolute atomic E-state index is 12.1. The summed E-state index contributed by atoms with van der Waals surface area (Å²) in [6, 6.07) is 14.7. The number of benzene rings is 2. The van der Waals surface area contributed by atoms with Gasteiger partial charge in [0.25, 0.3) is 5.69 Å². The summed E-state index contributed by atoms with van der Waals surface area (Å²) in [5.41, 5.74) is 2.40. The van der Waals surface area contributed by atoms with Gasteiger partial charge in [-0.3, -0.25) is 10.1 Å². The first-order chi connectivity index (χ1) is 13.9. The fourth-order valence-electron chi connectivity index (χ4n) is 5.19. The van der Waals surface area contributed by atoms with Gasteiger partial charge in [-0.1, -0.05) is 52.0 Å². The van der Waals surface area contributed by atoms with Crippen LogP contribution in [0.1, 0.15) is 74.9 Å². The number of carbonyl (C=O) groups is 1. The molecule has 0 fully saturated rings. The first-order valence-corrected chi connectivity index (χ1v) is 10.3. The molecule has 5 heteroatoms. The highest BCUT2D eigenvalue weighted by molar-refractivity contribution is 5.89. The molecule has 0 saturated carbocycles. The number of rotatable bonds is 9. The fraction of sp³-hybridized carbons (Fsp3) is 0.458. The second kappa shape index (κ2) is 9.21. The van der Waals surface area contributed by atoms with Crippen molar-refractivity contribution < 1.29 is 14.5 Å². The highest BCUT2D eigenvalue weighted by atomic mass is 16.6. The molecule has 0 N–H and O–H groups in total. The molecule has 0 saturated heterocycles. The van der Waals surface area contributed by atoms with Crippen molar-refractivity contribution in [3.8, 4) is 0 Å². The summed E-state index contributed by atoms with van der Waals surface area (Å²) in [6.07, 6.45) is 3.52. The number of hydrogen-bond donors (Lipinski definition) is 0. The van der Waals surface area contributed by atoms with Gasteiger partial charge in [-0.25, -0.2) is 4.79 Å². The summed E-state index contributed by atoms with van der Waals surface area (Å²) < 4.78 is 4.93. The largest absolute Gasteiger partial charge is 0.465 e. The Balaban J connectivity index is 2.73. The van der Waals surface area contributed by atoms with Crippen LogP contribution in [0.4, 0.5) is 5.69 Å². The molecule has 156 valence electrons. The molecular weight excluding hydrogens is 366 g/mol. The van der Waals surface area contributed by atoms with E-state index in [-0.39, 0.29) is 27.4 Å². The number of carbonyl (C=O) groups excluding carboxylic acids is 1. The SMILES string of the molecule is CCC(CC)(c1ccc([N+](=O)[O-])cc1)C(CC)(CC)c1cccc(C(=O)OC)c1. The molecule has 0 aromatic heterocycles. The zero-order valence-electron chi connectivity index (χ0n) is 18.0. The molecule has 0 unspecified atom stereocenters. The molecule has 0 atom stereocenters. The van der Waals surface area contributed by atoms with E-state index in [1.807, 2.05) is 24.3 Å². The van der Waals surface area contributed by atoms with E-state index < -0.39 is 0 Å². The van der Waals surface area contributed by atoms with Crippen LogP contribution in [-0.4, -0.2) is 18.0 Å². The number of non-ortho nitro benzene ring substituents is 1. The van der Waals surface area contributed by atoms with E-state index in [1.54, 1.807) is 18.2 Å². The zero-order valence-corrected chi connectivity index (χ0v) is 18.0. The molecule has 0 heterocycles. The maximum atomic E-state index is 12.1. The third-order valence-corrected chi connectivity index (χ3v) is 6.80. The van der Waals surface area contributed by atoms with E-state index in [9.17, 15) is 14.9 Å². The molecule has 0 radical (unpaired) electrons. The number of esters is 1. The molecule has 29 heavy (non-hydrogen) atoms. The molecule has 0 amide bonds. The van der Waals surface area contributed by atoms with Crippen LogP contribution in [0.15, 0.2) is 48.5 Å². The molecule has 2 rings (SSSR count). The Bertz CT molecular complexity index is 849. The molecule has 2 aromatic carbocycles. The Morgan fingerprint density at radius 2 is 1.41 bits per heavy atom. The van der Waals surface area contributed by atoms with Gasteiger partial charge < -0.3 is 4.74 Å². The molecule has 0 bridgehead atoms. The summed E-state index contributed by atoms with van der Waals surface area (Å²) in [5.74, 6) is -0.345. The van der Waals surface area contributed by atoms with Crippen LogP contribution in [0, 0.1) is 10.1 Å².